The first kappa shape index (κ1) is 20.3. The first-order valence-electron chi connectivity index (χ1n) is 10.5. The Hall–Kier alpha value is -3.02. The lowest BCUT2D eigenvalue weighted by molar-refractivity contribution is -0.133. The number of likely N-dealkylation sites (tertiary alicyclic amines) is 1. The molecule has 0 bridgehead atoms. The van der Waals surface area contributed by atoms with Crippen molar-refractivity contribution in [3.8, 4) is 0 Å². The number of aromatic nitrogens is 2. The molecule has 5 nitrogen and oxygen atoms in total. The molecule has 1 aliphatic rings. The highest BCUT2D eigenvalue weighted by atomic mass is 19.1. The van der Waals surface area contributed by atoms with Gasteiger partial charge in [-0.2, -0.15) is 0 Å². The van der Waals surface area contributed by atoms with Gasteiger partial charge >= 0.3 is 0 Å². The van der Waals surface area contributed by atoms with Crippen LogP contribution in [0.25, 0.3) is 10.9 Å². The van der Waals surface area contributed by atoms with Crippen molar-refractivity contribution >= 4 is 16.8 Å². The third-order valence-electron chi connectivity index (χ3n) is 6.02. The van der Waals surface area contributed by atoms with Crippen molar-refractivity contribution in [1.29, 1.82) is 0 Å². The van der Waals surface area contributed by atoms with E-state index in [0.717, 1.165) is 25.7 Å². The molecular weight excluding hydrogens is 381 g/mol. The third kappa shape index (κ3) is 4.58. The number of hydrogen-bond donors (Lipinski definition) is 0. The van der Waals surface area contributed by atoms with Crippen LogP contribution in [-0.4, -0.2) is 33.4 Å². The van der Waals surface area contributed by atoms with Crippen molar-refractivity contribution in [2.75, 3.05) is 13.1 Å². The van der Waals surface area contributed by atoms with Gasteiger partial charge in [0.2, 0.25) is 5.91 Å². The number of piperidine rings is 1. The Morgan fingerprint density at radius 2 is 1.87 bits per heavy atom. The van der Waals surface area contributed by atoms with Crippen LogP contribution in [0.1, 0.15) is 30.4 Å². The van der Waals surface area contributed by atoms with E-state index in [1.54, 1.807) is 0 Å². The van der Waals surface area contributed by atoms with Gasteiger partial charge in [0.1, 0.15) is 12.4 Å². The molecule has 0 saturated carbocycles. The van der Waals surface area contributed by atoms with Gasteiger partial charge in [0, 0.05) is 13.1 Å². The fourth-order valence-electron chi connectivity index (χ4n) is 4.09. The largest absolute Gasteiger partial charge is 0.341 e. The van der Waals surface area contributed by atoms with Crippen molar-refractivity contribution in [1.82, 2.24) is 14.5 Å². The molecule has 0 atom stereocenters. The number of carbonyl (C=O) groups excluding carboxylic acids is 1. The second kappa shape index (κ2) is 8.78. The van der Waals surface area contributed by atoms with Gasteiger partial charge in [0.05, 0.1) is 17.2 Å². The van der Waals surface area contributed by atoms with Crippen molar-refractivity contribution in [2.24, 2.45) is 5.92 Å². The minimum Gasteiger partial charge on any atom is -0.341 e. The second-order valence-corrected chi connectivity index (χ2v) is 8.19. The Bertz CT molecular complexity index is 1100. The van der Waals surface area contributed by atoms with Gasteiger partial charge in [0.25, 0.3) is 5.56 Å². The third-order valence-corrected chi connectivity index (χ3v) is 6.02. The summed E-state index contributed by atoms with van der Waals surface area (Å²) >= 11 is 0. The lowest BCUT2D eigenvalue weighted by Crippen LogP contribution is -2.41. The molecule has 4 rings (SSSR count). The van der Waals surface area contributed by atoms with Gasteiger partial charge in [-0.1, -0.05) is 29.8 Å². The quantitative estimate of drug-likeness (QED) is 0.648. The molecule has 6 heteroatoms. The second-order valence-electron chi connectivity index (χ2n) is 8.19. The number of hydrogen-bond acceptors (Lipinski definition) is 3. The van der Waals surface area contributed by atoms with E-state index in [2.05, 4.69) is 36.2 Å². The number of rotatable bonds is 5. The highest BCUT2D eigenvalue weighted by Gasteiger charge is 2.23. The molecule has 3 aromatic rings. The normalized spacial score (nSPS) is 14.9. The van der Waals surface area contributed by atoms with E-state index in [4.69, 9.17) is 0 Å². The Labute approximate surface area is 175 Å². The molecule has 30 heavy (non-hydrogen) atoms. The van der Waals surface area contributed by atoms with Gasteiger partial charge < -0.3 is 4.90 Å². The summed E-state index contributed by atoms with van der Waals surface area (Å²) in [6.07, 6.45) is 5.52. The standard InChI is InChI=1S/C24H26FN3O2/c1-17-2-4-18(5-3-17)6-7-19-10-12-27(13-11-19)23(29)15-28-16-26-22-9-8-20(25)14-21(22)24(28)30/h2-5,8-9,14,16,19H,6-7,10-13,15H2,1H3. The van der Waals surface area contributed by atoms with Crippen LogP contribution < -0.4 is 5.56 Å². The zero-order chi connectivity index (χ0) is 21.1. The van der Waals surface area contributed by atoms with E-state index in [9.17, 15) is 14.0 Å². The molecule has 0 spiro atoms. The van der Waals surface area contributed by atoms with Gasteiger partial charge in [0.15, 0.2) is 0 Å². The Morgan fingerprint density at radius 3 is 2.60 bits per heavy atom. The summed E-state index contributed by atoms with van der Waals surface area (Å²) in [5, 5.41) is 0.195. The van der Waals surface area contributed by atoms with Crippen molar-refractivity contribution in [3.63, 3.8) is 0 Å². The molecule has 1 amide bonds. The molecule has 156 valence electrons. The Balaban J connectivity index is 1.32. The summed E-state index contributed by atoms with van der Waals surface area (Å²) in [7, 11) is 0. The minimum atomic E-state index is -0.488. The smallest absolute Gasteiger partial charge is 0.261 e. The molecule has 1 saturated heterocycles. The summed E-state index contributed by atoms with van der Waals surface area (Å²) in [5.74, 6) is 0.0354. The predicted octanol–water partition coefficient (Wildman–Crippen LogP) is 3.72. The fourth-order valence-corrected chi connectivity index (χ4v) is 4.09. The number of fused-ring (bicyclic) bond motifs is 1. The number of amides is 1. The maximum Gasteiger partial charge on any atom is 0.261 e. The molecule has 0 unspecified atom stereocenters. The van der Waals surface area contributed by atoms with Crippen LogP contribution in [-0.2, 0) is 17.8 Å². The zero-order valence-electron chi connectivity index (χ0n) is 17.2. The molecule has 0 N–H and O–H groups in total. The molecule has 0 radical (unpaired) electrons. The Morgan fingerprint density at radius 1 is 1.13 bits per heavy atom. The summed E-state index contributed by atoms with van der Waals surface area (Å²) < 4.78 is 14.7. The molecule has 1 fully saturated rings. The van der Waals surface area contributed by atoms with E-state index < -0.39 is 5.82 Å². The summed E-state index contributed by atoms with van der Waals surface area (Å²) in [6, 6.07) is 12.6. The molecule has 0 aliphatic carbocycles. The SMILES string of the molecule is Cc1ccc(CCC2CCN(C(=O)Cn3cnc4ccc(F)cc4c3=O)CC2)cc1. The summed E-state index contributed by atoms with van der Waals surface area (Å²) in [5.41, 5.74) is 2.68. The molecule has 2 aromatic carbocycles. The molecular formula is C24H26FN3O2. The average Bonchev–Trinajstić information content (AvgIpc) is 2.76. The van der Waals surface area contributed by atoms with Crippen LogP contribution >= 0.6 is 0 Å². The van der Waals surface area contributed by atoms with E-state index in [-0.39, 0.29) is 23.4 Å². The average molecular weight is 407 g/mol. The van der Waals surface area contributed by atoms with Gasteiger partial charge in [-0.05, 0) is 62.3 Å². The van der Waals surface area contributed by atoms with Crippen LogP contribution in [0.5, 0.6) is 0 Å². The first-order chi connectivity index (χ1) is 14.5. The first-order valence-corrected chi connectivity index (χ1v) is 10.5. The Kier molecular flexibility index (Phi) is 5.93. The van der Waals surface area contributed by atoms with Gasteiger partial charge in [-0.3, -0.25) is 14.2 Å². The predicted molar refractivity (Wildman–Crippen MR) is 115 cm³/mol. The maximum atomic E-state index is 13.5. The molecule has 1 aliphatic heterocycles. The van der Waals surface area contributed by atoms with Crippen LogP contribution in [0.2, 0.25) is 0 Å². The number of benzene rings is 2. The van der Waals surface area contributed by atoms with E-state index in [1.807, 2.05) is 4.90 Å². The summed E-state index contributed by atoms with van der Waals surface area (Å²) in [4.78, 5) is 31.3. The van der Waals surface area contributed by atoms with Crippen molar-refractivity contribution in [2.45, 2.75) is 39.2 Å². The number of aryl methyl sites for hydroxylation is 2. The van der Waals surface area contributed by atoms with Crippen LogP contribution in [0.4, 0.5) is 4.39 Å². The fraction of sp³-hybridized carbons (Fsp3) is 0.375. The topological polar surface area (TPSA) is 55.2 Å². The van der Waals surface area contributed by atoms with Crippen LogP contribution in [0.3, 0.4) is 0 Å². The summed E-state index contributed by atoms with van der Waals surface area (Å²) in [6.45, 7) is 3.45. The van der Waals surface area contributed by atoms with E-state index in [1.165, 1.54) is 40.2 Å². The van der Waals surface area contributed by atoms with E-state index in [0.29, 0.717) is 24.5 Å². The molecule has 1 aromatic heterocycles. The number of carbonyl (C=O) groups is 1. The highest BCUT2D eigenvalue weighted by molar-refractivity contribution is 5.79. The zero-order valence-corrected chi connectivity index (χ0v) is 17.2. The lowest BCUT2D eigenvalue weighted by atomic mass is 9.90. The minimum absolute atomic E-state index is 0.0632. The van der Waals surface area contributed by atoms with E-state index >= 15 is 0 Å². The molecule has 2 heterocycles. The number of halogens is 1. The lowest BCUT2D eigenvalue weighted by Gasteiger charge is -2.32. The van der Waals surface area contributed by atoms with Crippen molar-refractivity contribution < 1.29 is 9.18 Å². The van der Waals surface area contributed by atoms with Gasteiger partial charge in [-0.15, -0.1) is 0 Å². The van der Waals surface area contributed by atoms with Crippen LogP contribution in [0, 0.1) is 18.7 Å². The highest BCUT2D eigenvalue weighted by Crippen LogP contribution is 2.23. The van der Waals surface area contributed by atoms with Crippen LogP contribution in [0.15, 0.2) is 53.6 Å². The van der Waals surface area contributed by atoms with Gasteiger partial charge in [-0.25, -0.2) is 9.37 Å². The monoisotopic (exact) mass is 407 g/mol. The number of nitrogens with zero attached hydrogens (tertiary/aromatic N) is 3. The van der Waals surface area contributed by atoms with Crippen molar-refractivity contribution in [3.05, 3.63) is 76.1 Å². The maximum absolute atomic E-state index is 13.5.